The zero-order valence-electron chi connectivity index (χ0n) is 9.86. The molecule has 0 aliphatic carbocycles. The van der Waals surface area contributed by atoms with E-state index >= 15 is 0 Å². The van der Waals surface area contributed by atoms with Gasteiger partial charge in [0.05, 0.1) is 0 Å². The summed E-state index contributed by atoms with van der Waals surface area (Å²) in [5.41, 5.74) is 0.321. The van der Waals surface area contributed by atoms with Crippen molar-refractivity contribution in [2.45, 2.75) is 19.9 Å². The maximum absolute atomic E-state index is 11.7. The molecule has 3 N–H and O–H groups in total. The van der Waals surface area contributed by atoms with Crippen LogP contribution in [0, 0.1) is 0 Å². The van der Waals surface area contributed by atoms with Crippen LogP contribution in [0.25, 0.3) is 0 Å². The summed E-state index contributed by atoms with van der Waals surface area (Å²) in [4.78, 5) is 23.1. The Morgan fingerprint density at radius 2 is 2.12 bits per heavy atom. The van der Waals surface area contributed by atoms with E-state index in [-0.39, 0.29) is 17.6 Å². The number of rotatable bonds is 4. The average molecular weight is 236 g/mol. The van der Waals surface area contributed by atoms with E-state index in [4.69, 9.17) is 0 Å². The standard InChI is InChI=1S/C12H16N2O3/c1-3-13-11(16)8(2)14-12(17)9-5-4-6-10(15)7-9/h4-8,15H,3H2,1-2H3,(H,13,16)(H,14,17). The van der Waals surface area contributed by atoms with Crippen LogP contribution in [-0.4, -0.2) is 29.5 Å². The van der Waals surface area contributed by atoms with E-state index in [0.29, 0.717) is 12.1 Å². The molecule has 0 heterocycles. The van der Waals surface area contributed by atoms with Crippen molar-refractivity contribution in [1.29, 1.82) is 0 Å². The van der Waals surface area contributed by atoms with Crippen molar-refractivity contribution in [3.05, 3.63) is 29.8 Å². The van der Waals surface area contributed by atoms with Crippen molar-refractivity contribution in [1.82, 2.24) is 10.6 Å². The lowest BCUT2D eigenvalue weighted by Gasteiger charge is -2.13. The number of likely N-dealkylation sites (N-methyl/N-ethyl adjacent to an activating group) is 1. The molecule has 0 fully saturated rings. The van der Waals surface area contributed by atoms with Crippen molar-refractivity contribution in [2.24, 2.45) is 0 Å². The van der Waals surface area contributed by atoms with E-state index in [1.807, 2.05) is 6.92 Å². The third kappa shape index (κ3) is 3.79. The second kappa shape index (κ2) is 5.89. The molecule has 0 aliphatic heterocycles. The van der Waals surface area contributed by atoms with Gasteiger partial charge in [-0.15, -0.1) is 0 Å². The van der Waals surface area contributed by atoms with Crippen LogP contribution in [0.3, 0.4) is 0 Å². The van der Waals surface area contributed by atoms with Crippen LogP contribution < -0.4 is 10.6 Å². The molecule has 5 nitrogen and oxygen atoms in total. The highest BCUT2D eigenvalue weighted by atomic mass is 16.3. The molecule has 5 heteroatoms. The molecule has 0 bridgehead atoms. The lowest BCUT2D eigenvalue weighted by molar-refractivity contribution is -0.122. The van der Waals surface area contributed by atoms with Crippen LogP contribution in [0.5, 0.6) is 5.75 Å². The Hall–Kier alpha value is -2.04. The number of phenolic OH excluding ortho intramolecular Hbond substituents is 1. The second-order valence-corrected chi connectivity index (χ2v) is 3.64. The van der Waals surface area contributed by atoms with Gasteiger partial charge in [0.1, 0.15) is 11.8 Å². The van der Waals surface area contributed by atoms with E-state index in [9.17, 15) is 14.7 Å². The number of amides is 2. The van der Waals surface area contributed by atoms with Gasteiger partial charge in [-0.25, -0.2) is 0 Å². The van der Waals surface area contributed by atoms with Gasteiger partial charge >= 0.3 is 0 Å². The number of hydrogen-bond donors (Lipinski definition) is 3. The van der Waals surface area contributed by atoms with Gasteiger partial charge in [0, 0.05) is 12.1 Å². The van der Waals surface area contributed by atoms with E-state index in [2.05, 4.69) is 10.6 Å². The molecule has 1 aromatic carbocycles. The predicted molar refractivity (Wildman–Crippen MR) is 63.7 cm³/mol. The number of hydrogen-bond acceptors (Lipinski definition) is 3. The molecule has 0 spiro atoms. The SMILES string of the molecule is CCNC(=O)C(C)NC(=O)c1cccc(O)c1. The monoisotopic (exact) mass is 236 g/mol. The van der Waals surface area contributed by atoms with E-state index in [1.165, 1.54) is 12.1 Å². The summed E-state index contributed by atoms with van der Waals surface area (Å²) < 4.78 is 0. The van der Waals surface area contributed by atoms with Crippen molar-refractivity contribution < 1.29 is 14.7 Å². The topological polar surface area (TPSA) is 78.4 Å². The van der Waals surface area contributed by atoms with Crippen molar-refractivity contribution in [2.75, 3.05) is 6.54 Å². The first-order valence-corrected chi connectivity index (χ1v) is 5.42. The third-order valence-corrected chi connectivity index (χ3v) is 2.20. The maximum Gasteiger partial charge on any atom is 0.252 e. The first-order valence-electron chi connectivity index (χ1n) is 5.42. The number of benzene rings is 1. The minimum atomic E-state index is -0.607. The quantitative estimate of drug-likeness (QED) is 0.718. The molecule has 17 heavy (non-hydrogen) atoms. The Morgan fingerprint density at radius 3 is 2.71 bits per heavy atom. The number of phenols is 1. The summed E-state index contributed by atoms with van der Waals surface area (Å²) >= 11 is 0. The Labute approximate surface area is 99.8 Å². The normalized spacial score (nSPS) is 11.6. The first-order chi connectivity index (χ1) is 8.04. The molecule has 0 saturated heterocycles. The van der Waals surface area contributed by atoms with E-state index in [0.717, 1.165) is 0 Å². The van der Waals surface area contributed by atoms with Crippen LogP contribution in [0.2, 0.25) is 0 Å². The Morgan fingerprint density at radius 1 is 1.41 bits per heavy atom. The number of nitrogens with one attached hydrogen (secondary N) is 2. The van der Waals surface area contributed by atoms with Crippen LogP contribution in [-0.2, 0) is 4.79 Å². The molecule has 1 rings (SSSR count). The maximum atomic E-state index is 11.7. The molecule has 0 aliphatic rings. The van der Waals surface area contributed by atoms with Crippen molar-refractivity contribution in [3.8, 4) is 5.75 Å². The minimum Gasteiger partial charge on any atom is -0.508 e. The molecule has 2 amide bonds. The summed E-state index contributed by atoms with van der Waals surface area (Å²) in [5, 5.41) is 14.4. The Kier molecular flexibility index (Phi) is 4.51. The Balaban J connectivity index is 2.63. The van der Waals surface area contributed by atoms with Gasteiger partial charge in [-0.05, 0) is 32.0 Å². The molecule has 1 atom stereocenters. The smallest absolute Gasteiger partial charge is 0.252 e. The molecule has 92 valence electrons. The fraction of sp³-hybridized carbons (Fsp3) is 0.333. The van der Waals surface area contributed by atoms with Gasteiger partial charge in [0.25, 0.3) is 5.91 Å². The molecular formula is C12H16N2O3. The molecule has 0 aromatic heterocycles. The highest BCUT2D eigenvalue weighted by molar-refractivity contribution is 5.97. The van der Waals surface area contributed by atoms with Gasteiger partial charge in [0.15, 0.2) is 0 Å². The zero-order valence-corrected chi connectivity index (χ0v) is 9.86. The van der Waals surface area contributed by atoms with Gasteiger partial charge in [-0.1, -0.05) is 6.07 Å². The number of carbonyl (C=O) groups excluding carboxylic acids is 2. The summed E-state index contributed by atoms with van der Waals surface area (Å²) in [6, 6.07) is 5.36. The van der Waals surface area contributed by atoms with Gasteiger partial charge in [-0.2, -0.15) is 0 Å². The third-order valence-electron chi connectivity index (χ3n) is 2.20. The lowest BCUT2D eigenvalue weighted by Crippen LogP contribution is -2.44. The Bertz CT molecular complexity index is 418. The first kappa shape index (κ1) is 13.0. The second-order valence-electron chi connectivity index (χ2n) is 3.64. The van der Waals surface area contributed by atoms with Gasteiger partial charge < -0.3 is 15.7 Å². The number of aromatic hydroxyl groups is 1. The van der Waals surface area contributed by atoms with Gasteiger partial charge in [0.2, 0.25) is 5.91 Å². The van der Waals surface area contributed by atoms with Gasteiger partial charge in [-0.3, -0.25) is 9.59 Å². The summed E-state index contributed by atoms with van der Waals surface area (Å²) in [6.45, 7) is 3.93. The fourth-order valence-electron chi connectivity index (χ4n) is 1.32. The molecular weight excluding hydrogens is 220 g/mol. The van der Waals surface area contributed by atoms with Crippen LogP contribution in [0.1, 0.15) is 24.2 Å². The number of carbonyl (C=O) groups is 2. The minimum absolute atomic E-state index is 0.0170. The fourth-order valence-corrected chi connectivity index (χ4v) is 1.32. The average Bonchev–Trinajstić information content (AvgIpc) is 2.29. The summed E-state index contributed by atoms with van der Waals surface area (Å²) in [6.07, 6.45) is 0. The van der Waals surface area contributed by atoms with E-state index < -0.39 is 6.04 Å². The predicted octanol–water partition coefficient (Wildman–Crippen LogP) is 0.647. The van der Waals surface area contributed by atoms with Crippen molar-refractivity contribution >= 4 is 11.8 Å². The zero-order chi connectivity index (χ0) is 12.8. The summed E-state index contributed by atoms with van der Waals surface area (Å²) in [5.74, 6) is -0.607. The molecule has 1 aromatic rings. The molecule has 0 saturated carbocycles. The largest absolute Gasteiger partial charge is 0.508 e. The van der Waals surface area contributed by atoms with Crippen molar-refractivity contribution in [3.63, 3.8) is 0 Å². The van der Waals surface area contributed by atoms with Crippen LogP contribution >= 0.6 is 0 Å². The molecule has 0 radical (unpaired) electrons. The lowest BCUT2D eigenvalue weighted by atomic mass is 10.2. The molecule has 1 unspecified atom stereocenters. The van der Waals surface area contributed by atoms with Crippen LogP contribution in [0.4, 0.5) is 0 Å². The van der Waals surface area contributed by atoms with E-state index in [1.54, 1.807) is 19.1 Å². The van der Waals surface area contributed by atoms with Crippen LogP contribution in [0.15, 0.2) is 24.3 Å². The highest BCUT2D eigenvalue weighted by Gasteiger charge is 2.15. The summed E-state index contributed by atoms with van der Waals surface area (Å²) in [7, 11) is 0. The highest BCUT2D eigenvalue weighted by Crippen LogP contribution is 2.10.